The summed E-state index contributed by atoms with van der Waals surface area (Å²) in [5, 5.41) is 16.4. The molecule has 0 saturated carbocycles. The number of rotatable bonds is 7. The lowest BCUT2D eigenvalue weighted by Crippen LogP contribution is -2.23. The molecule has 0 radical (unpaired) electrons. The number of carboxylic acids is 1. The number of nitrogens with zero attached hydrogens (tertiary/aromatic N) is 2. The number of carbonyl (C=O) groups is 2. The Labute approximate surface area is 175 Å². The highest BCUT2D eigenvalue weighted by molar-refractivity contribution is 6.05. The molecule has 0 fully saturated rings. The number of carbonyl (C=O) groups excluding carboxylic acids is 1. The van der Waals surface area contributed by atoms with Crippen molar-refractivity contribution in [3.8, 4) is 0 Å². The van der Waals surface area contributed by atoms with E-state index in [1.54, 1.807) is 24.3 Å². The Kier molecular flexibility index (Phi) is 6.20. The fourth-order valence-corrected chi connectivity index (χ4v) is 3.37. The molecule has 30 heavy (non-hydrogen) atoms. The molecule has 3 aromatic rings. The van der Waals surface area contributed by atoms with Crippen molar-refractivity contribution in [3.05, 3.63) is 76.2 Å². The van der Waals surface area contributed by atoms with Crippen LogP contribution in [0.25, 0.3) is 0 Å². The molecular formula is C23H25N3O4. The van der Waals surface area contributed by atoms with Crippen LogP contribution in [0.3, 0.4) is 0 Å². The quantitative estimate of drug-likeness (QED) is 0.609. The van der Waals surface area contributed by atoms with E-state index >= 15 is 0 Å². The van der Waals surface area contributed by atoms with Crippen LogP contribution in [0.1, 0.15) is 43.3 Å². The Balaban J connectivity index is 1.77. The van der Waals surface area contributed by atoms with Crippen LogP contribution >= 0.6 is 0 Å². The maximum atomic E-state index is 12.5. The third kappa shape index (κ3) is 4.68. The van der Waals surface area contributed by atoms with Crippen molar-refractivity contribution < 1.29 is 19.2 Å². The maximum Gasteiger partial charge on any atom is 0.337 e. The molecule has 0 spiro atoms. The molecule has 2 N–H and O–H groups in total. The lowest BCUT2D eigenvalue weighted by molar-refractivity contribution is 0.0697. The first kappa shape index (κ1) is 21.1. The van der Waals surface area contributed by atoms with Crippen molar-refractivity contribution in [2.45, 2.75) is 27.2 Å². The molecule has 0 aliphatic rings. The highest BCUT2D eigenvalue weighted by atomic mass is 16.5. The normalized spacial score (nSPS) is 10.7. The van der Waals surface area contributed by atoms with Gasteiger partial charge in [0.05, 0.1) is 16.9 Å². The van der Waals surface area contributed by atoms with Crippen LogP contribution < -0.4 is 10.2 Å². The van der Waals surface area contributed by atoms with Gasteiger partial charge in [-0.3, -0.25) is 4.79 Å². The number of hydrogen-bond acceptors (Lipinski definition) is 5. The van der Waals surface area contributed by atoms with Crippen molar-refractivity contribution in [2.75, 3.05) is 23.8 Å². The predicted octanol–water partition coefficient (Wildman–Crippen LogP) is 4.23. The van der Waals surface area contributed by atoms with Gasteiger partial charge in [0.15, 0.2) is 0 Å². The minimum atomic E-state index is -1.05. The van der Waals surface area contributed by atoms with Crippen LogP contribution in [0.4, 0.5) is 11.4 Å². The van der Waals surface area contributed by atoms with Crippen LogP contribution in [-0.4, -0.2) is 35.7 Å². The number of carboxylic acid groups (broad SMARTS) is 1. The summed E-state index contributed by atoms with van der Waals surface area (Å²) in [6.07, 6.45) is 0.683. The largest absolute Gasteiger partial charge is 0.478 e. The summed E-state index contributed by atoms with van der Waals surface area (Å²) >= 11 is 0. The Morgan fingerprint density at radius 3 is 2.53 bits per heavy atom. The number of aromatic nitrogens is 1. The van der Waals surface area contributed by atoms with Gasteiger partial charge in [0.25, 0.3) is 5.91 Å². The fourth-order valence-electron chi connectivity index (χ4n) is 3.37. The van der Waals surface area contributed by atoms with Crippen LogP contribution in [-0.2, 0) is 6.42 Å². The third-order valence-electron chi connectivity index (χ3n) is 5.05. The summed E-state index contributed by atoms with van der Waals surface area (Å²) in [6, 6.07) is 12.1. The van der Waals surface area contributed by atoms with Gasteiger partial charge in [-0.2, -0.15) is 0 Å². The molecule has 0 saturated heterocycles. The topological polar surface area (TPSA) is 95.7 Å². The number of benzene rings is 2. The number of aromatic carboxylic acids is 1. The average molecular weight is 407 g/mol. The van der Waals surface area contributed by atoms with Gasteiger partial charge in [0.2, 0.25) is 0 Å². The Bertz CT molecular complexity index is 1070. The molecule has 2 aromatic carbocycles. The summed E-state index contributed by atoms with van der Waals surface area (Å²) in [7, 11) is 1.84. The summed E-state index contributed by atoms with van der Waals surface area (Å²) in [6.45, 7) is 6.26. The van der Waals surface area contributed by atoms with E-state index in [9.17, 15) is 14.7 Å². The molecule has 1 heterocycles. The van der Waals surface area contributed by atoms with Gasteiger partial charge in [-0.1, -0.05) is 22.9 Å². The summed E-state index contributed by atoms with van der Waals surface area (Å²) in [5.74, 6) is -0.566. The lowest BCUT2D eigenvalue weighted by atomic mass is 10.1. The lowest BCUT2D eigenvalue weighted by Gasteiger charge is -2.22. The van der Waals surface area contributed by atoms with Crippen LogP contribution in [0, 0.1) is 20.8 Å². The smallest absolute Gasteiger partial charge is 0.337 e. The first-order valence-corrected chi connectivity index (χ1v) is 9.64. The number of hydrogen-bond donors (Lipinski definition) is 2. The van der Waals surface area contributed by atoms with Gasteiger partial charge in [-0.25, -0.2) is 4.79 Å². The van der Waals surface area contributed by atoms with E-state index < -0.39 is 5.97 Å². The van der Waals surface area contributed by atoms with Crippen LogP contribution in [0.2, 0.25) is 0 Å². The molecular weight excluding hydrogens is 382 g/mol. The van der Waals surface area contributed by atoms with E-state index in [1.165, 1.54) is 6.07 Å². The first-order valence-electron chi connectivity index (χ1n) is 9.64. The number of amides is 1. The Morgan fingerprint density at radius 1 is 1.13 bits per heavy atom. The van der Waals surface area contributed by atoms with Gasteiger partial charge in [-0.05, 0) is 57.5 Å². The van der Waals surface area contributed by atoms with Crippen molar-refractivity contribution >= 4 is 23.3 Å². The molecule has 7 nitrogen and oxygen atoms in total. The predicted molar refractivity (Wildman–Crippen MR) is 115 cm³/mol. The molecule has 0 aliphatic carbocycles. The fraction of sp³-hybridized carbons (Fsp3) is 0.261. The average Bonchev–Trinajstić information content (AvgIpc) is 3.03. The Morgan fingerprint density at radius 2 is 1.90 bits per heavy atom. The van der Waals surface area contributed by atoms with E-state index in [0.29, 0.717) is 29.9 Å². The van der Waals surface area contributed by atoms with Crippen LogP contribution in [0.5, 0.6) is 0 Å². The van der Waals surface area contributed by atoms with Crippen LogP contribution in [0.15, 0.2) is 47.0 Å². The first-order chi connectivity index (χ1) is 14.3. The van der Waals surface area contributed by atoms with E-state index in [-0.39, 0.29) is 11.5 Å². The van der Waals surface area contributed by atoms with Gasteiger partial charge < -0.3 is 19.8 Å². The summed E-state index contributed by atoms with van der Waals surface area (Å²) in [5.41, 5.74) is 4.49. The van der Waals surface area contributed by atoms with Gasteiger partial charge in [0, 0.05) is 30.4 Å². The molecule has 0 bridgehead atoms. The third-order valence-corrected chi connectivity index (χ3v) is 5.05. The van der Waals surface area contributed by atoms with Crippen molar-refractivity contribution in [3.63, 3.8) is 0 Å². The standard InChI is InChI=1S/C23H25N3O4/c1-14-6-5-7-17(12-14)22(27)24-18-8-9-21(20(13-18)23(28)29)26(4)11-10-19-15(2)25-30-16(19)3/h5-9,12-13H,10-11H2,1-4H3,(H,24,27)(H,28,29). The van der Waals surface area contributed by atoms with E-state index in [4.69, 9.17) is 4.52 Å². The number of aryl methyl sites for hydroxylation is 3. The monoisotopic (exact) mass is 407 g/mol. The molecule has 1 aromatic heterocycles. The number of likely N-dealkylation sites (N-methyl/N-ethyl adjacent to an activating group) is 1. The molecule has 0 atom stereocenters. The van der Waals surface area contributed by atoms with E-state index in [1.807, 2.05) is 44.9 Å². The highest BCUT2D eigenvalue weighted by Gasteiger charge is 2.17. The highest BCUT2D eigenvalue weighted by Crippen LogP contribution is 2.25. The van der Waals surface area contributed by atoms with Crippen molar-refractivity contribution in [2.24, 2.45) is 0 Å². The van der Waals surface area contributed by atoms with Crippen molar-refractivity contribution in [1.29, 1.82) is 0 Å². The minimum absolute atomic E-state index is 0.123. The number of anilines is 2. The second kappa shape index (κ2) is 8.82. The SMILES string of the molecule is Cc1cccc(C(=O)Nc2ccc(N(C)CCc3c(C)noc3C)c(C(=O)O)c2)c1. The molecule has 3 rings (SSSR count). The van der Waals surface area contributed by atoms with Gasteiger partial charge in [0.1, 0.15) is 5.76 Å². The van der Waals surface area contributed by atoms with Gasteiger partial charge in [-0.15, -0.1) is 0 Å². The molecule has 1 amide bonds. The minimum Gasteiger partial charge on any atom is -0.478 e. The Hall–Kier alpha value is -3.61. The van der Waals surface area contributed by atoms with Crippen molar-refractivity contribution in [1.82, 2.24) is 5.16 Å². The second-order valence-electron chi connectivity index (χ2n) is 7.33. The zero-order chi connectivity index (χ0) is 21.8. The van der Waals surface area contributed by atoms with Gasteiger partial charge >= 0.3 is 5.97 Å². The molecule has 0 aliphatic heterocycles. The van der Waals surface area contributed by atoms with E-state index in [2.05, 4.69) is 10.5 Å². The molecule has 0 unspecified atom stereocenters. The summed E-state index contributed by atoms with van der Waals surface area (Å²) in [4.78, 5) is 26.2. The van der Waals surface area contributed by atoms with E-state index in [0.717, 1.165) is 22.6 Å². The summed E-state index contributed by atoms with van der Waals surface area (Å²) < 4.78 is 5.19. The molecule has 156 valence electrons. The zero-order valence-corrected chi connectivity index (χ0v) is 17.5. The maximum absolute atomic E-state index is 12.5. The molecule has 7 heteroatoms. The second-order valence-corrected chi connectivity index (χ2v) is 7.33. The number of nitrogens with one attached hydrogen (secondary N) is 1. The zero-order valence-electron chi connectivity index (χ0n) is 17.5.